The van der Waals surface area contributed by atoms with Crippen molar-refractivity contribution in [2.75, 3.05) is 0 Å². The monoisotopic (exact) mass is 527 g/mol. The van der Waals surface area contributed by atoms with Gasteiger partial charge in [-0.15, -0.1) is 0 Å². The first-order valence-corrected chi connectivity index (χ1v) is 14.5. The Kier molecular flexibility index (Phi) is 4.86. The number of aromatic nitrogens is 1. The van der Waals surface area contributed by atoms with Gasteiger partial charge in [0.05, 0.1) is 28.7 Å². The maximum atomic E-state index is 4.08. The van der Waals surface area contributed by atoms with Crippen molar-refractivity contribution in [2.45, 2.75) is 23.9 Å². The van der Waals surface area contributed by atoms with Gasteiger partial charge in [0.25, 0.3) is 0 Å². The molecule has 0 bridgehead atoms. The van der Waals surface area contributed by atoms with Crippen LogP contribution < -0.4 is 5.32 Å². The van der Waals surface area contributed by atoms with Gasteiger partial charge in [-0.2, -0.15) is 0 Å². The number of allylic oxidation sites excluding steroid dienone is 2. The van der Waals surface area contributed by atoms with Crippen LogP contribution in [0.15, 0.2) is 152 Å². The summed E-state index contributed by atoms with van der Waals surface area (Å²) in [5.74, 6) is 0. The van der Waals surface area contributed by atoms with Gasteiger partial charge in [-0.05, 0) is 52.1 Å². The van der Waals surface area contributed by atoms with E-state index in [4.69, 9.17) is 0 Å². The molecule has 3 nitrogen and oxygen atoms in total. The molecule has 2 saturated heterocycles. The maximum Gasteiger partial charge on any atom is 0.143 e. The first kappa shape index (κ1) is 23.0. The summed E-state index contributed by atoms with van der Waals surface area (Å²) in [6, 6.07) is 46.9. The first-order valence-electron chi connectivity index (χ1n) is 14.5. The van der Waals surface area contributed by atoms with Crippen LogP contribution in [0.4, 0.5) is 0 Å². The second-order valence-electron chi connectivity index (χ2n) is 11.4. The predicted molar refractivity (Wildman–Crippen MR) is 168 cm³/mol. The van der Waals surface area contributed by atoms with Crippen molar-refractivity contribution >= 4 is 21.8 Å². The van der Waals surface area contributed by atoms with Gasteiger partial charge in [0.15, 0.2) is 0 Å². The summed E-state index contributed by atoms with van der Waals surface area (Å²) in [5, 5.41) is 6.65. The summed E-state index contributed by atoms with van der Waals surface area (Å²) in [5.41, 5.74) is 8.76. The fourth-order valence-electron chi connectivity index (χ4n) is 7.46. The maximum absolute atomic E-state index is 4.08. The van der Waals surface area contributed by atoms with Crippen molar-refractivity contribution in [1.82, 2.24) is 14.8 Å². The third-order valence-electron chi connectivity index (χ3n) is 9.36. The summed E-state index contributed by atoms with van der Waals surface area (Å²) < 4.78 is 2.54. The van der Waals surface area contributed by atoms with E-state index in [0.29, 0.717) is 6.04 Å². The molecule has 41 heavy (non-hydrogen) atoms. The Morgan fingerprint density at radius 1 is 0.561 bits per heavy atom. The highest BCUT2D eigenvalue weighted by Gasteiger charge is 2.72. The number of benzene rings is 5. The minimum atomic E-state index is -0.0440. The van der Waals surface area contributed by atoms with E-state index < -0.39 is 0 Å². The van der Waals surface area contributed by atoms with Crippen LogP contribution in [0.2, 0.25) is 0 Å². The molecule has 1 aliphatic carbocycles. The molecule has 1 N–H and O–H groups in total. The fourth-order valence-corrected chi connectivity index (χ4v) is 7.46. The molecule has 0 radical (unpaired) electrons. The summed E-state index contributed by atoms with van der Waals surface area (Å²) in [4.78, 5) is 2.65. The molecular weight excluding hydrogens is 498 g/mol. The number of nitrogens with zero attached hydrogens (tertiary/aromatic N) is 2. The molecule has 9 rings (SSSR count). The number of hydrogen-bond acceptors (Lipinski definition) is 2. The van der Waals surface area contributed by atoms with Gasteiger partial charge >= 0.3 is 0 Å². The van der Waals surface area contributed by atoms with E-state index in [2.05, 4.69) is 166 Å². The zero-order valence-electron chi connectivity index (χ0n) is 22.6. The standard InChI is InChI=1S/C38H29N3/c1-4-12-26(13-5-1)29-19-21-33-31(24-29)32-25-30(27-14-6-2-7-15-27)20-22-34(32)40(33)37-39-36(28-16-8-3-9-17-28)38-23-11-10-18-35(38)41(37)38/h1-25,35-37,39H. The van der Waals surface area contributed by atoms with Gasteiger partial charge in [0, 0.05) is 10.8 Å². The van der Waals surface area contributed by atoms with E-state index in [1.165, 1.54) is 49.6 Å². The zero-order valence-corrected chi connectivity index (χ0v) is 22.6. The van der Waals surface area contributed by atoms with E-state index in [0.717, 1.165) is 0 Å². The van der Waals surface area contributed by atoms with Crippen LogP contribution in [-0.4, -0.2) is 21.0 Å². The molecule has 3 heterocycles. The molecule has 3 aliphatic rings. The molecule has 196 valence electrons. The molecule has 0 saturated carbocycles. The Balaban J connectivity index is 1.27. The van der Waals surface area contributed by atoms with Crippen molar-refractivity contribution in [3.8, 4) is 22.3 Å². The quantitative estimate of drug-likeness (QED) is 0.232. The van der Waals surface area contributed by atoms with Gasteiger partial charge in [-0.1, -0.05) is 127 Å². The number of fused-ring (bicyclic) bond motifs is 4. The highest BCUT2D eigenvalue weighted by atomic mass is 15.6. The van der Waals surface area contributed by atoms with E-state index in [1.54, 1.807) is 0 Å². The highest BCUT2D eigenvalue weighted by Crippen LogP contribution is 2.61. The first-order chi connectivity index (χ1) is 20.3. The predicted octanol–water partition coefficient (Wildman–Crippen LogP) is 8.48. The zero-order chi connectivity index (χ0) is 27.0. The Morgan fingerprint density at radius 2 is 1.12 bits per heavy atom. The smallest absolute Gasteiger partial charge is 0.143 e. The normalized spacial score (nSPS) is 25.9. The fraction of sp³-hybridized carbons (Fsp3) is 0.105. The lowest BCUT2D eigenvalue weighted by atomic mass is 9.87. The lowest BCUT2D eigenvalue weighted by Crippen LogP contribution is -2.34. The summed E-state index contributed by atoms with van der Waals surface area (Å²) in [7, 11) is 0. The van der Waals surface area contributed by atoms with Crippen LogP contribution in [0.1, 0.15) is 17.9 Å². The molecule has 2 aliphatic heterocycles. The molecule has 6 aromatic rings. The summed E-state index contributed by atoms with van der Waals surface area (Å²) in [6.45, 7) is 0. The summed E-state index contributed by atoms with van der Waals surface area (Å²) >= 11 is 0. The molecule has 1 spiro atoms. The highest BCUT2D eigenvalue weighted by molar-refractivity contribution is 6.10. The lowest BCUT2D eigenvalue weighted by Gasteiger charge is -2.26. The molecule has 3 heteroatoms. The SMILES string of the molecule is C1=CC2N3C(n4c5ccc(-c6ccccc6)cc5c5cc(-c6ccccc6)ccc54)NC(c4ccccc4)C23C=C1. The Hall–Kier alpha value is -4.70. The Labute approximate surface area is 239 Å². The van der Waals surface area contributed by atoms with Gasteiger partial charge < -0.3 is 4.57 Å². The number of rotatable bonds is 4. The second kappa shape index (κ2) is 8.65. The molecule has 1 aromatic heterocycles. The van der Waals surface area contributed by atoms with Crippen LogP contribution in [0.25, 0.3) is 44.1 Å². The van der Waals surface area contributed by atoms with Crippen LogP contribution in [-0.2, 0) is 0 Å². The minimum Gasteiger partial charge on any atom is -0.311 e. The van der Waals surface area contributed by atoms with E-state index in [-0.39, 0.29) is 17.9 Å². The van der Waals surface area contributed by atoms with Crippen LogP contribution in [0, 0.1) is 0 Å². The van der Waals surface area contributed by atoms with E-state index in [1.807, 2.05) is 0 Å². The molecule has 5 unspecified atom stereocenters. The van der Waals surface area contributed by atoms with Gasteiger partial charge in [0.2, 0.25) is 0 Å². The van der Waals surface area contributed by atoms with Crippen LogP contribution >= 0.6 is 0 Å². The third-order valence-corrected chi connectivity index (χ3v) is 9.36. The number of nitrogens with one attached hydrogen (secondary N) is 1. The molecular formula is C38H29N3. The second-order valence-corrected chi connectivity index (χ2v) is 11.4. The van der Waals surface area contributed by atoms with Crippen LogP contribution in [0.5, 0.6) is 0 Å². The van der Waals surface area contributed by atoms with Crippen molar-refractivity contribution in [2.24, 2.45) is 0 Å². The van der Waals surface area contributed by atoms with Crippen molar-refractivity contribution in [3.63, 3.8) is 0 Å². The Morgan fingerprint density at radius 3 is 1.71 bits per heavy atom. The Bertz CT molecular complexity index is 1890. The number of hydrogen-bond donors (Lipinski definition) is 1. The van der Waals surface area contributed by atoms with E-state index in [9.17, 15) is 0 Å². The van der Waals surface area contributed by atoms with Crippen LogP contribution in [0.3, 0.4) is 0 Å². The topological polar surface area (TPSA) is 20.0 Å². The lowest BCUT2D eigenvalue weighted by molar-refractivity contribution is 0.281. The van der Waals surface area contributed by atoms with Gasteiger partial charge in [-0.3, -0.25) is 5.32 Å². The van der Waals surface area contributed by atoms with Crippen molar-refractivity contribution < 1.29 is 0 Å². The van der Waals surface area contributed by atoms with Crippen molar-refractivity contribution in [3.05, 3.63) is 157 Å². The molecule has 2 fully saturated rings. The summed E-state index contributed by atoms with van der Waals surface area (Å²) in [6.07, 6.45) is 9.25. The molecule has 0 amide bonds. The third kappa shape index (κ3) is 3.28. The average molecular weight is 528 g/mol. The van der Waals surface area contributed by atoms with E-state index >= 15 is 0 Å². The van der Waals surface area contributed by atoms with Gasteiger partial charge in [0.1, 0.15) is 6.29 Å². The average Bonchev–Trinajstić information content (AvgIpc) is 3.47. The largest absolute Gasteiger partial charge is 0.311 e. The molecule has 5 atom stereocenters. The van der Waals surface area contributed by atoms with Crippen molar-refractivity contribution in [1.29, 1.82) is 0 Å². The molecule has 5 aromatic carbocycles. The van der Waals surface area contributed by atoms with Gasteiger partial charge in [-0.25, -0.2) is 4.90 Å². The minimum absolute atomic E-state index is 0.0303.